The van der Waals surface area contributed by atoms with Crippen LogP contribution >= 0.6 is 23.2 Å². The van der Waals surface area contributed by atoms with E-state index < -0.39 is 27.1 Å². The SMILES string of the molecule is Cc1[nH]c(S(=O)(=O)N[C@@H]2Cc3cc(Cl)c(Cl)cc3[C@@]2(C)O)cc1C(=O)N1CC(C)(C#N)C1. The summed E-state index contributed by atoms with van der Waals surface area (Å²) >= 11 is 12.1. The Morgan fingerprint density at radius 3 is 2.53 bits per heavy atom. The Morgan fingerprint density at radius 2 is 1.91 bits per heavy atom. The Balaban J connectivity index is 1.56. The molecule has 2 aromatic rings. The van der Waals surface area contributed by atoms with E-state index in [2.05, 4.69) is 15.8 Å². The highest BCUT2D eigenvalue weighted by Crippen LogP contribution is 2.41. The van der Waals surface area contributed by atoms with Crippen LogP contribution in [-0.2, 0) is 22.0 Å². The zero-order chi connectivity index (χ0) is 23.6. The summed E-state index contributed by atoms with van der Waals surface area (Å²) in [5.74, 6) is -0.336. The number of nitrogens with zero attached hydrogens (tertiary/aromatic N) is 2. The highest BCUT2D eigenvalue weighted by atomic mass is 35.5. The molecule has 2 aliphatic rings. The van der Waals surface area contributed by atoms with Crippen LogP contribution in [-0.4, -0.2) is 48.4 Å². The summed E-state index contributed by atoms with van der Waals surface area (Å²) in [7, 11) is -4.08. The van der Waals surface area contributed by atoms with Crippen LogP contribution in [0.15, 0.2) is 23.2 Å². The summed E-state index contributed by atoms with van der Waals surface area (Å²) < 4.78 is 28.7. The highest BCUT2D eigenvalue weighted by Gasteiger charge is 2.45. The molecule has 2 heterocycles. The third-order valence-corrected chi connectivity index (χ3v) is 8.35. The van der Waals surface area contributed by atoms with E-state index in [1.165, 1.54) is 17.9 Å². The molecule has 0 radical (unpaired) electrons. The van der Waals surface area contributed by atoms with Gasteiger partial charge in [0.15, 0.2) is 0 Å². The average Bonchev–Trinajstić information content (AvgIpc) is 3.18. The predicted octanol–water partition coefficient (Wildman–Crippen LogP) is 2.73. The summed E-state index contributed by atoms with van der Waals surface area (Å²) in [6.07, 6.45) is 0.227. The van der Waals surface area contributed by atoms with Crippen molar-refractivity contribution in [3.05, 3.63) is 50.6 Å². The lowest BCUT2D eigenvalue weighted by molar-refractivity contribution is 0.0354. The van der Waals surface area contributed by atoms with E-state index in [9.17, 15) is 18.3 Å². The number of carbonyl (C=O) groups excluding carboxylic acids is 1. The van der Waals surface area contributed by atoms with Gasteiger partial charge >= 0.3 is 0 Å². The number of aryl methyl sites for hydroxylation is 1. The molecule has 1 fully saturated rings. The summed E-state index contributed by atoms with van der Waals surface area (Å²) in [5, 5.41) is 20.6. The molecule has 1 aromatic carbocycles. The number of halogens is 2. The summed E-state index contributed by atoms with van der Waals surface area (Å²) in [6.45, 7) is 5.48. The third kappa shape index (κ3) is 3.70. The molecule has 2 atom stereocenters. The maximum absolute atomic E-state index is 13.1. The molecular weight excluding hydrogens is 475 g/mol. The fourth-order valence-electron chi connectivity index (χ4n) is 4.32. The lowest BCUT2D eigenvalue weighted by atomic mass is 9.83. The number of benzene rings is 1. The van der Waals surface area contributed by atoms with E-state index in [1.54, 1.807) is 26.0 Å². The molecule has 32 heavy (non-hydrogen) atoms. The third-order valence-electron chi connectivity index (χ3n) is 6.24. The van der Waals surface area contributed by atoms with Crippen molar-refractivity contribution in [1.82, 2.24) is 14.6 Å². The van der Waals surface area contributed by atoms with Gasteiger partial charge in [-0.1, -0.05) is 23.2 Å². The van der Waals surface area contributed by atoms with E-state index in [1.807, 2.05) is 0 Å². The summed E-state index contributed by atoms with van der Waals surface area (Å²) in [5.41, 5.74) is -0.238. The van der Waals surface area contributed by atoms with Gasteiger partial charge in [-0.05, 0) is 56.5 Å². The number of sulfonamides is 1. The second kappa shape index (κ2) is 7.47. The number of aliphatic hydroxyl groups is 1. The number of nitrogens with one attached hydrogen (secondary N) is 2. The number of hydrogen-bond donors (Lipinski definition) is 3. The molecule has 1 aliphatic carbocycles. The van der Waals surface area contributed by atoms with Crippen molar-refractivity contribution in [2.75, 3.05) is 13.1 Å². The Bertz CT molecular complexity index is 1270. The molecule has 0 unspecified atom stereocenters. The second-order valence-corrected chi connectivity index (χ2v) is 11.5. The Labute approximate surface area is 196 Å². The molecule has 0 saturated carbocycles. The Hall–Kier alpha value is -2.09. The van der Waals surface area contributed by atoms with Gasteiger partial charge in [-0.2, -0.15) is 5.26 Å². The number of carbonyl (C=O) groups is 1. The van der Waals surface area contributed by atoms with Crippen molar-refractivity contribution < 1.29 is 18.3 Å². The van der Waals surface area contributed by atoms with Gasteiger partial charge in [0.25, 0.3) is 15.9 Å². The van der Waals surface area contributed by atoms with E-state index in [-0.39, 0.29) is 27.9 Å². The average molecular weight is 497 g/mol. The number of nitriles is 1. The second-order valence-electron chi connectivity index (χ2n) is 8.95. The number of aromatic amines is 1. The fourth-order valence-corrected chi connectivity index (χ4v) is 6.04. The normalized spacial score (nSPS) is 24.0. The number of H-pyrrole nitrogens is 1. The van der Waals surface area contributed by atoms with Crippen LogP contribution in [0.4, 0.5) is 0 Å². The first-order valence-electron chi connectivity index (χ1n) is 9.91. The lowest BCUT2D eigenvalue weighted by Crippen LogP contribution is -2.56. The van der Waals surface area contributed by atoms with Gasteiger partial charge in [0.05, 0.1) is 33.1 Å². The molecule has 1 saturated heterocycles. The largest absolute Gasteiger partial charge is 0.384 e. The van der Waals surface area contributed by atoms with E-state index >= 15 is 0 Å². The number of rotatable bonds is 4. The van der Waals surface area contributed by atoms with Gasteiger partial charge in [0.1, 0.15) is 10.6 Å². The molecule has 3 N–H and O–H groups in total. The van der Waals surface area contributed by atoms with Crippen LogP contribution in [0.5, 0.6) is 0 Å². The summed E-state index contributed by atoms with van der Waals surface area (Å²) in [6, 6.07) is 5.77. The van der Waals surface area contributed by atoms with Crippen LogP contribution < -0.4 is 4.72 Å². The van der Waals surface area contributed by atoms with E-state index in [4.69, 9.17) is 28.5 Å². The van der Waals surface area contributed by atoms with Gasteiger partial charge in [0.2, 0.25) is 0 Å². The van der Waals surface area contributed by atoms with E-state index in [0.29, 0.717) is 34.9 Å². The van der Waals surface area contributed by atoms with E-state index in [0.717, 1.165) is 0 Å². The number of amides is 1. The number of hydrogen-bond acceptors (Lipinski definition) is 5. The van der Waals surface area contributed by atoms with Crippen molar-refractivity contribution in [3.63, 3.8) is 0 Å². The quantitative estimate of drug-likeness (QED) is 0.599. The maximum atomic E-state index is 13.1. The van der Waals surface area contributed by atoms with Crippen LogP contribution in [0.3, 0.4) is 0 Å². The zero-order valence-corrected chi connectivity index (χ0v) is 20.0. The summed E-state index contributed by atoms with van der Waals surface area (Å²) in [4.78, 5) is 17.0. The molecule has 170 valence electrons. The molecule has 11 heteroatoms. The fraction of sp³-hybridized carbons (Fsp3) is 0.429. The van der Waals surface area contributed by atoms with Crippen molar-refractivity contribution in [2.45, 2.75) is 43.9 Å². The van der Waals surface area contributed by atoms with Crippen LogP contribution in [0.1, 0.15) is 41.0 Å². The Morgan fingerprint density at radius 1 is 1.28 bits per heavy atom. The van der Waals surface area contributed by atoms with Gasteiger partial charge < -0.3 is 15.0 Å². The molecule has 0 spiro atoms. The highest BCUT2D eigenvalue weighted by molar-refractivity contribution is 7.89. The van der Waals surface area contributed by atoms with Crippen molar-refractivity contribution in [2.24, 2.45) is 5.41 Å². The molecule has 1 aliphatic heterocycles. The predicted molar refractivity (Wildman–Crippen MR) is 119 cm³/mol. The number of fused-ring (bicyclic) bond motifs is 1. The first-order chi connectivity index (χ1) is 14.8. The topological polar surface area (TPSA) is 126 Å². The molecule has 8 nitrogen and oxygen atoms in total. The number of likely N-dealkylation sites (tertiary alicyclic amines) is 1. The van der Waals surface area contributed by atoms with Crippen molar-refractivity contribution >= 4 is 39.1 Å². The van der Waals surface area contributed by atoms with Gasteiger partial charge in [0, 0.05) is 18.8 Å². The molecule has 1 aromatic heterocycles. The standard InChI is InChI=1S/C21H22Cl2N4O4S/c1-11-13(19(28)27-9-20(2,8-24)10-27)6-18(25-11)32(30,31)26-17-5-12-4-15(22)16(23)7-14(12)21(17,3)29/h4,6-7,17,25-26,29H,5,9-10H2,1-3H3/t17-,21-/m1/s1. The van der Waals surface area contributed by atoms with Crippen LogP contribution in [0.25, 0.3) is 0 Å². The van der Waals surface area contributed by atoms with Gasteiger partial charge in [-0.15, -0.1) is 0 Å². The Kier molecular flexibility index (Phi) is 5.39. The smallest absolute Gasteiger partial charge is 0.256 e. The van der Waals surface area contributed by atoms with Gasteiger partial charge in [-0.3, -0.25) is 4.79 Å². The molecule has 0 bridgehead atoms. The minimum absolute atomic E-state index is 0.176. The minimum Gasteiger partial charge on any atom is -0.384 e. The molecular formula is C21H22Cl2N4O4S. The van der Waals surface area contributed by atoms with Crippen molar-refractivity contribution in [1.29, 1.82) is 5.26 Å². The minimum atomic E-state index is -4.08. The van der Waals surface area contributed by atoms with Gasteiger partial charge in [-0.25, -0.2) is 13.1 Å². The maximum Gasteiger partial charge on any atom is 0.256 e. The number of aromatic nitrogens is 1. The van der Waals surface area contributed by atoms with Crippen LogP contribution in [0, 0.1) is 23.7 Å². The zero-order valence-electron chi connectivity index (χ0n) is 17.7. The van der Waals surface area contributed by atoms with Crippen LogP contribution in [0.2, 0.25) is 10.0 Å². The first kappa shape index (κ1) is 23.1. The molecule has 1 amide bonds. The lowest BCUT2D eigenvalue weighted by Gasteiger charge is -2.43. The van der Waals surface area contributed by atoms with Crippen molar-refractivity contribution in [3.8, 4) is 6.07 Å². The monoisotopic (exact) mass is 496 g/mol. The molecule has 4 rings (SSSR count). The first-order valence-corrected chi connectivity index (χ1v) is 12.1.